The third-order valence-corrected chi connectivity index (χ3v) is 3.18. The lowest BCUT2D eigenvalue weighted by atomic mass is 10.1. The Morgan fingerprint density at radius 1 is 1.17 bits per heavy atom. The molecule has 0 bridgehead atoms. The minimum absolute atomic E-state index is 0.426. The van der Waals surface area contributed by atoms with Crippen molar-refractivity contribution in [3.05, 3.63) is 58.6 Å². The van der Waals surface area contributed by atoms with Gasteiger partial charge in [-0.3, -0.25) is 0 Å². The largest absolute Gasteiger partial charge is 0.397 e. The first-order valence-electron chi connectivity index (χ1n) is 5.69. The van der Waals surface area contributed by atoms with Gasteiger partial charge in [0.2, 0.25) is 0 Å². The first kappa shape index (κ1) is 12.9. The van der Waals surface area contributed by atoms with E-state index in [2.05, 4.69) is 21.2 Å². The van der Waals surface area contributed by atoms with Crippen LogP contribution in [0.3, 0.4) is 0 Å². The topological polar surface area (TPSA) is 58.3 Å². The summed E-state index contributed by atoms with van der Waals surface area (Å²) >= 11 is 3.36. The van der Waals surface area contributed by atoms with Gasteiger partial charge in [-0.15, -0.1) is 0 Å². The van der Waals surface area contributed by atoms with E-state index < -0.39 is 6.10 Å². The van der Waals surface area contributed by atoms with E-state index >= 15 is 0 Å². The third-order valence-electron chi connectivity index (χ3n) is 2.68. The van der Waals surface area contributed by atoms with Crippen LogP contribution in [0.2, 0.25) is 0 Å². The average molecular weight is 307 g/mol. The number of halogens is 1. The van der Waals surface area contributed by atoms with Crippen LogP contribution in [0.4, 0.5) is 11.4 Å². The van der Waals surface area contributed by atoms with E-state index in [4.69, 9.17) is 5.73 Å². The summed E-state index contributed by atoms with van der Waals surface area (Å²) in [5.74, 6) is 0. The molecule has 94 valence electrons. The van der Waals surface area contributed by atoms with Crippen LogP contribution in [-0.2, 0) is 0 Å². The molecule has 2 aromatic rings. The molecule has 0 spiro atoms. The highest BCUT2D eigenvalue weighted by atomic mass is 79.9. The monoisotopic (exact) mass is 306 g/mol. The zero-order valence-corrected chi connectivity index (χ0v) is 11.4. The lowest BCUT2D eigenvalue weighted by Crippen LogP contribution is -2.13. The highest BCUT2D eigenvalue weighted by Crippen LogP contribution is 2.23. The fourth-order valence-corrected chi connectivity index (χ4v) is 2.07. The second-order valence-electron chi connectivity index (χ2n) is 4.04. The quantitative estimate of drug-likeness (QED) is 0.760. The van der Waals surface area contributed by atoms with Crippen molar-refractivity contribution in [1.29, 1.82) is 0 Å². The van der Waals surface area contributed by atoms with Crippen molar-refractivity contribution in [2.45, 2.75) is 6.10 Å². The smallest absolute Gasteiger partial charge is 0.0962 e. The molecule has 0 saturated heterocycles. The number of hydrogen-bond donors (Lipinski definition) is 3. The maximum Gasteiger partial charge on any atom is 0.0962 e. The Labute approximate surface area is 115 Å². The second-order valence-corrected chi connectivity index (χ2v) is 4.95. The van der Waals surface area contributed by atoms with Gasteiger partial charge < -0.3 is 16.2 Å². The van der Waals surface area contributed by atoms with Gasteiger partial charge in [0.15, 0.2) is 0 Å². The van der Waals surface area contributed by atoms with Gasteiger partial charge >= 0.3 is 0 Å². The normalized spacial score (nSPS) is 12.1. The van der Waals surface area contributed by atoms with E-state index in [-0.39, 0.29) is 0 Å². The summed E-state index contributed by atoms with van der Waals surface area (Å²) in [6.45, 7) is 0.426. The molecule has 18 heavy (non-hydrogen) atoms. The number of anilines is 2. The van der Waals surface area contributed by atoms with Crippen molar-refractivity contribution in [2.24, 2.45) is 0 Å². The Bertz CT molecular complexity index is 516. The fraction of sp³-hybridized carbons (Fsp3) is 0.143. The summed E-state index contributed by atoms with van der Waals surface area (Å²) < 4.78 is 0.939. The van der Waals surface area contributed by atoms with E-state index in [0.29, 0.717) is 12.2 Å². The van der Waals surface area contributed by atoms with Crippen molar-refractivity contribution in [3.63, 3.8) is 0 Å². The van der Waals surface area contributed by atoms with Crippen LogP contribution >= 0.6 is 15.9 Å². The van der Waals surface area contributed by atoms with Crippen molar-refractivity contribution >= 4 is 27.3 Å². The van der Waals surface area contributed by atoms with Gasteiger partial charge in [-0.05, 0) is 23.8 Å². The number of nitrogens with one attached hydrogen (secondary N) is 1. The molecule has 0 aromatic heterocycles. The molecule has 0 aliphatic rings. The third kappa shape index (κ3) is 3.24. The maximum atomic E-state index is 10.0. The molecule has 0 radical (unpaired) electrons. The van der Waals surface area contributed by atoms with E-state index in [1.54, 1.807) is 0 Å². The van der Waals surface area contributed by atoms with Crippen molar-refractivity contribution in [3.8, 4) is 0 Å². The molecule has 0 saturated carbocycles. The van der Waals surface area contributed by atoms with Gasteiger partial charge in [0.05, 0.1) is 17.5 Å². The Balaban J connectivity index is 1.99. The Morgan fingerprint density at radius 2 is 1.89 bits per heavy atom. The summed E-state index contributed by atoms with van der Waals surface area (Å²) in [4.78, 5) is 0. The minimum atomic E-state index is -0.547. The van der Waals surface area contributed by atoms with E-state index in [9.17, 15) is 5.11 Å². The molecule has 2 aromatic carbocycles. The lowest BCUT2D eigenvalue weighted by molar-refractivity contribution is 0.191. The molecular formula is C14H15BrN2O. The number of benzene rings is 2. The highest BCUT2D eigenvalue weighted by Gasteiger charge is 2.07. The summed E-state index contributed by atoms with van der Waals surface area (Å²) in [6.07, 6.45) is -0.547. The predicted molar refractivity (Wildman–Crippen MR) is 78.4 cm³/mol. The van der Waals surface area contributed by atoms with Crippen LogP contribution in [0, 0.1) is 0 Å². The second kappa shape index (κ2) is 5.89. The summed E-state index contributed by atoms with van der Waals surface area (Å²) in [6, 6.07) is 15.2. The molecule has 0 aliphatic carbocycles. The van der Waals surface area contributed by atoms with Crippen molar-refractivity contribution < 1.29 is 5.11 Å². The molecule has 4 heteroatoms. The van der Waals surface area contributed by atoms with Gasteiger partial charge in [0.1, 0.15) is 0 Å². The van der Waals surface area contributed by atoms with Crippen LogP contribution in [0.25, 0.3) is 0 Å². The molecular weight excluding hydrogens is 292 g/mol. The molecule has 1 unspecified atom stereocenters. The molecule has 0 fully saturated rings. The van der Waals surface area contributed by atoms with Crippen LogP contribution in [0.15, 0.2) is 53.0 Å². The predicted octanol–water partition coefficient (Wildman–Crippen LogP) is 3.18. The minimum Gasteiger partial charge on any atom is -0.397 e. The standard InChI is InChI=1S/C14H15BrN2O/c15-11-6-7-13(12(16)8-11)17-9-14(18)10-4-2-1-3-5-10/h1-8,14,17-18H,9,16H2. The first-order chi connectivity index (χ1) is 8.66. The number of aliphatic hydroxyl groups is 1. The summed E-state index contributed by atoms with van der Waals surface area (Å²) in [5.41, 5.74) is 8.25. The van der Waals surface area contributed by atoms with Crippen molar-refractivity contribution in [1.82, 2.24) is 0 Å². The molecule has 0 amide bonds. The van der Waals surface area contributed by atoms with E-state index in [0.717, 1.165) is 15.7 Å². The average Bonchev–Trinajstić information content (AvgIpc) is 2.38. The summed E-state index contributed by atoms with van der Waals surface area (Å²) in [5, 5.41) is 13.2. The first-order valence-corrected chi connectivity index (χ1v) is 6.48. The highest BCUT2D eigenvalue weighted by molar-refractivity contribution is 9.10. The van der Waals surface area contributed by atoms with Crippen LogP contribution in [-0.4, -0.2) is 11.7 Å². The number of hydrogen-bond acceptors (Lipinski definition) is 3. The van der Waals surface area contributed by atoms with Gasteiger partial charge in [0, 0.05) is 11.0 Å². The van der Waals surface area contributed by atoms with Gasteiger partial charge in [0.25, 0.3) is 0 Å². The Morgan fingerprint density at radius 3 is 2.56 bits per heavy atom. The number of nitrogen functional groups attached to an aromatic ring is 1. The van der Waals surface area contributed by atoms with E-state index in [1.165, 1.54) is 0 Å². The van der Waals surface area contributed by atoms with Gasteiger partial charge in [-0.1, -0.05) is 46.3 Å². The Hall–Kier alpha value is -1.52. The maximum absolute atomic E-state index is 10.0. The molecule has 0 aliphatic heterocycles. The zero-order chi connectivity index (χ0) is 13.0. The fourth-order valence-electron chi connectivity index (χ4n) is 1.69. The Kier molecular flexibility index (Phi) is 4.23. The van der Waals surface area contributed by atoms with Gasteiger partial charge in [-0.25, -0.2) is 0 Å². The number of rotatable bonds is 4. The molecule has 2 rings (SSSR count). The SMILES string of the molecule is Nc1cc(Br)ccc1NCC(O)c1ccccc1. The molecule has 1 atom stereocenters. The molecule has 3 nitrogen and oxygen atoms in total. The van der Waals surface area contributed by atoms with Gasteiger partial charge in [-0.2, -0.15) is 0 Å². The van der Waals surface area contributed by atoms with Crippen LogP contribution in [0.1, 0.15) is 11.7 Å². The molecule has 0 heterocycles. The number of nitrogens with two attached hydrogens (primary N) is 1. The van der Waals surface area contributed by atoms with Crippen LogP contribution < -0.4 is 11.1 Å². The summed E-state index contributed by atoms with van der Waals surface area (Å²) in [7, 11) is 0. The van der Waals surface area contributed by atoms with Crippen LogP contribution in [0.5, 0.6) is 0 Å². The van der Waals surface area contributed by atoms with E-state index in [1.807, 2.05) is 48.5 Å². The lowest BCUT2D eigenvalue weighted by Gasteiger charge is -2.14. The molecule has 4 N–H and O–H groups in total. The zero-order valence-electron chi connectivity index (χ0n) is 9.81. The number of aliphatic hydroxyl groups excluding tert-OH is 1. The van der Waals surface area contributed by atoms with Crippen molar-refractivity contribution in [2.75, 3.05) is 17.6 Å².